The molecule has 0 fully saturated rings. The number of hydrogen-bond donors (Lipinski definition) is 1. The highest BCUT2D eigenvalue weighted by molar-refractivity contribution is 5.97. The standard InChI is InChI=1S/C27H28N2O3/c1-20(27(21-10-4-2-5-11-21)22-12-6-3-7-13-22)28-25(30)16-17-26(31)29-18-19-32-24-15-9-8-14-23(24)29/h2-15,20,27H,16-19H2,1H3,(H,28,30). The van der Waals surface area contributed by atoms with Gasteiger partial charge in [-0.05, 0) is 30.2 Å². The van der Waals surface area contributed by atoms with Crippen molar-refractivity contribution in [1.29, 1.82) is 0 Å². The van der Waals surface area contributed by atoms with Gasteiger partial charge >= 0.3 is 0 Å². The van der Waals surface area contributed by atoms with Gasteiger partial charge in [-0.3, -0.25) is 9.59 Å². The van der Waals surface area contributed by atoms with Crippen LogP contribution in [0.3, 0.4) is 0 Å². The Morgan fingerprint density at radius 1 is 0.875 bits per heavy atom. The summed E-state index contributed by atoms with van der Waals surface area (Å²) in [6, 6.07) is 27.7. The van der Waals surface area contributed by atoms with Crippen molar-refractivity contribution in [2.45, 2.75) is 31.7 Å². The van der Waals surface area contributed by atoms with Gasteiger partial charge in [0.25, 0.3) is 0 Å². The molecule has 1 unspecified atom stereocenters. The van der Waals surface area contributed by atoms with Gasteiger partial charge in [-0.15, -0.1) is 0 Å². The molecule has 1 heterocycles. The number of ether oxygens (including phenoxy) is 1. The lowest BCUT2D eigenvalue weighted by atomic mass is 9.85. The van der Waals surface area contributed by atoms with E-state index in [2.05, 4.69) is 29.6 Å². The van der Waals surface area contributed by atoms with Gasteiger partial charge in [0.2, 0.25) is 11.8 Å². The SMILES string of the molecule is CC(NC(=O)CCC(=O)N1CCOc2ccccc21)C(c1ccccc1)c1ccccc1. The number of anilines is 1. The Morgan fingerprint density at radius 3 is 2.12 bits per heavy atom. The van der Waals surface area contributed by atoms with Gasteiger partial charge in [0, 0.05) is 24.8 Å². The molecule has 32 heavy (non-hydrogen) atoms. The van der Waals surface area contributed by atoms with Gasteiger partial charge < -0.3 is 15.0 Å². The van der Waals surface area contributed by atoms with E-state index in [0.29, 0.717) is 18.9 Å². The van der Waals surface area contributed by atoms with Crippen LogP contribution in [0.1, 0.15) is 36.8 Å². The Kier molecular flexibility index (Phi) is 6.85. The van der Waals surface area contributed by atoms with Crippen molar-refractivity contribution in [3.8, 4) is 5.75 Å². The van der Waals surface area contributed by atoms with E-state index in [1.54, 1.807) is 4.90 Å². The number of amides is 2. The summed E-state index contributed by atoms with van der Waals surface area (Å²) >= 11 is 0. The lowest BCUT2D eigenvalue weighted by molar-refractivity contribution is -0.125. The van der Waals surface area contributed by atoms with Gasteiger partial charge in [0.1, 0.15) is 12.4 Å². The van der Waals surface area contributed by atoms with Crippen LogP contribution in [0.4, 0.5) is 5.69 Å². The Hall–Kier alpha value is -3.60. The van der Waals surface area contributed by atoms with Gasteiger partial charge in [0.15, 0.2) is 0 Å². The summed E-state index contributed by atoms with van der Waals surface area (Å²) in [5.41, 5.74) is 3.06. The molecular weight excluding hydrogens is 400 g/mol. The lowest BCUT2D eigenvalue weighted by Gasteiger charge is -2.29. The number of para-hydroxylation sites is 2. The second kappa shape index (κ2) is 10.1. The topological polar surface area (TPSA) is 58.6 Å². The van der Waals surface area contributed by atoms with Crippen LogP contribution >= 0.6 is 0 Å². The molecular formula is C27H28N2O3. The maximum Gasteiger partial charge on any atom is 0.227 e. The maximum atomic E-state index is 12.8. The number of hydrogen-bond acceptors (Lipinski definition) is 3. The number of nitrogens with one attached hydrogen (secondary N) is 1. The van der Waals surface area contributed by atoms with E-state index in [0.717, 1.165) is 16.8 Å². The molecule has 1 N–H and O–H groups in total. The van der Waals surface area contributed by atoms with Crippen LogP contribution in [0.5, 0.6) is 5.75 Å². The fraction of sp³-hybridized carbons (Fsp3) is 0.259. The van der Waals surface area contributed by atoms with E-state index in [-0.39, 0.29) is 36.6 Å². The minimum absolute atomic E-state index is 0.0307. The smallest absolute Gasteiger partial charge is 0.227 e. The second-order valence-electron chi connectivity index (χ2n) is 8.02. The van der Waals surface area contributed by atoms with E-state index in [4.69, 9.17) is 4.74 Å². The molecule has 1 atom stereocenters. The largest absolute Gasteiger partial charge is 0.490 e. The van der Waals surface area contributed by atoms with Gasteiger partial charge in [-0.1, -0.05) is 72.8 Å². The Morgan fingerprint density at radius 2 is 1.47 bits per heavy atom. The molecule has 1 aliphatic heterocycles. The van der Waals surface area contributed by atoms with E-state index in [1.165, 1.54) is 0 Å². The first-order valence-electron chi connectivity index (χ1n) is 11.0. The highest BCUT2D eigenvalue weighted by Crippen LogP contribution is 2.31. The molecule has 164 valence electrons. The monoisotopic (exact) mass is 428 g/mol. The normalized spacial score (nSPS) is 13.8. The van der Waals surface area contributed by atoms with Crippen LogP contribution in [-0.2, 0) is 9.59 Å². The molecule has 0 bridgehead atoms. The number of fused-ring (bicyclic) bond motifs is 1. The third-order valence-corrected chi connectivity index (χ3v) is 5.80. The minimum Gasteiger partial charge on any atom is -0.490 e. The zero-order chi connectivity index (χ0) is 22.3. The van der Waals surface area contributed by atoms with E-state index in [9.17, 15) is 9.59 Å². The van der Waals surface area contributed by atoms with Crippen molar-refractivity contribution < 1.29 is 14.3 Å². The second-order valence-corrected chi connectivity index (χ2v) is 8.02. The molecule has 0 radical (unpaired) electrons. The highest BCUT2D eigenvalue weighted by Gasteiger charge is 2.25. The lowest BCUT2D eigenvalue weighted by Crippen LogP contribution is -2.40. The first-order chi connectivity index (χ1) is 15.6. The summed E-state index contributed by atoms with van der Waals surface area (Å²) in [6.07, 6.45) is 0.313. The number of nitrogens with zero attached hydrogens (tertiary/aromatic N) is 1. The third-order valence-electron chi connectivity index (χ3n) is 5.80. The van der Waals surface area contributed by atoms with Crippen LogP contribution in [0, 0.1) is 0 Å². The Bertz CT molecular complexity index is 1010. The first kappa shape index (κ1) is 21.6. The molecule has 2 amide bonds. The van der Waals surface area contributed by atoms with Crippen molar-refractivity contribution in [2.75, 3.05) is 18.1 Å². The fourth-order valence-corrected chi connectivity index (χ4v) is 4.28. The van der Waals surface area contributed by atoms with Crippen molar-refractivity contribution >= 4 is 17.5 Å². The Labute approximate surface area is 189 Å². The molecule has 0 aliphatic carbocycles. The number of benzene rings is 3. The minimum atomic E-state index is -0.121. The first-order valence-corrected chi connectivity index (χ1v) is 11.0. The zero-order valence-corrected chi connectivity index (χ0v) is 18.2. The average molecular weight is 429 g/mol. The van der Waals surface area contributed by atoms with Crippen LogP contribution in [-0.4, -0.2) is 31.0 Å². The summed E-state index contributed by atoms with van der Waals surface area (Å²) in [7, 11) is 0. The molecule has 5 nitrogen and oxygen atoms in total. The van der Waals surface area contributed by atoms with Crippen LogP contribution in [0.15, 0.2) is 84.9 Å². The Balaban J connectivity index is 1.39. The predicted octanol–water partition coefficient (Wildman–Crippen LogP) is 4.53. The van der Waals surface area contributed by atoms with Crippen molar-refractivity contribution in [1.82, 2.24) is 5.32 Å². The number of rotatable bonds is 7. The van der Waals surface area contributed by atoms with Gasteiger partial charge in [-0.25, -0.2) is 0 Å². The summed E-state index contributed by atoms with van der Waals surface area (Å²) in [4.78, 5) is 27.3. The number of carbonyl (C=O) groups is 2. The zero-order valence-electron chi connectivity index (χ0n) is 18.2. The maximum absolute atomic E-state index is 12.8. The predicted molar refractivity (Wildman–Crippen MR) is 126 cm³/mol. The fourth-order valence-electron chi connectivity index (χ4n) is 4.28. The third kappa shape index (κ3) is 4.99. The van der Waals surface area contributed by atoms with Crippen LogP contribution in [0.2, 0.25) is 0 Å². The highest BCUT2D eigenvalue weighted by atomic mass is 16.5. The summed E-state index contributed by atoms with van der Waals surface area (Å²) < 4.78 is 5.62. The van der Waals surface area contributed by atoms with Crippen LogP contribution < -0.4 is 15.0 Å². The van der Waals surface area contributed by atoms with Crippen molar-refractivity contribution in [3.63, 3.8) is 0 Å². The van der Waals surface area contributed by atoms with E-state index in [1.807, 2.05) is 67.6 Å². The molecule has 3 aromatic rings. The van der Waals surface area contributed by atoms with Gasteiger partial charge in [-0.2, -0.15) is 0 Å². The average Bonchev–Trinajstić information content (AvgIpc) is 2.83. The number of carbonyl (C=O) groups excluding carboxylic acids is 2. The quantitative estimate of drug-likeness (QED) is 0.602. The molecule has 3 aromatic carbocycles. The van der Waals surface area contributed by atoms with Crippen LogP contribution in [0.25, 0.3) is 0 Å². The van der Waals surface area contributed by atoms with Gasteiger partial charge in [0.05, 0.1) is 12.2 Å². The summed E-state index contributed by atoms with van der Waals surface area (Å²) in [5.74, 6) is 0.553. The van der Waals surface area contributed by atoms with Crippen molar-refractivity contribution in [3.05, 3.63) is 96.1 Å². The molecule has 1 aliphatic rings. The molecule has 0 saturated heterocycles. The molecule has 0 spiro atoms. The molecule has 5 heteroatoms. The molecule has 0 aromatic heterocycles. The summed E-state index contributed by atoms with van der Waals surface area (Å²) in [6.45, 7) is 2.97. The van der Waals surface area contributed by atoms with Crippen molar-refractivity contribution in [2.24, 2.45) is 0 Å². The van der Waals surface area contributed by atoms with E-state index >= 15 is 0 Å². The molecule has 4 rings (SSSR count). The summed E-state index contributed by atoms with van der Waals surface area (Å²) in [5, 5.41) is 3.12. The van der Waals surface area contributed by atoms with E-state index < -0.39 is 0 Å². The molecule has 0 saturated carbocycles.